The third-order valence-electron chi connectivity index (χ3n) is 3.55. The Labute approximate surface area is 106 Å². The second-order valence-electron chi connectivity index (χ2n) is 4.66. The van der Waals surface area contributed by atoms with Crippen molar-refractivity contribution < 1.29 is 0 Å². The van der Waals surface area contributed by atoms with E-state index in [0.29, 0.717) is 5.69 Å². The summed E-state index contributed by atoms with van der Waals surface area (Å²) in [6, 6.07) is 4.01. The summed E-state index contributed by atoms with van der Waals surface area (Å²) in [4.78, 5) is 3.97. The summed E-state index contributed by atoms with van der Waals surface area (Å²) < 4.78 is 1.81. The molecule has 0 unspecified atom stereocenters. The van der Waals surface area contributed by atoms with E-state index in [0.717, 1.165) is 25.1 Å². The van der Waals surface area contributed by atoms with Crippen molar-refractivity contribution in [3.63, 3.8) is 0 Å². The van der Waals surface area contributed by atoms with Gasteiger partial charge in [0.15, 0.2) is 11.4 Å². The number of hydrogen-bond acceptors (Lipinski definition) is 4. The van der Waals surface area contributed by atoms with Gasteiger partial charge in [-0.05, 0) is 24.0 Å². The van der Waals surface area contributed by atoms with Crippen LogP contribution in [0.15, 0.2) is 6.33 Å². The predicted molar refractivity (Wildman–Crippen MR) is 66.4 cm³/mol. The monoisotopic (exact) mass is 246 g/mol. The average Bonchev–Trinajstić information content (AvgIpc) is 2.96. The minimum absolute atomic E-state index is 0.169. The lowest BCUT2D eigenvalue weighted by Gasteiger charge is -2.27. The minimum Gasteiger partial charge on any atom is -0.321 e. The SMILES string of the molecule is N#Cc1ncn(CC2(CS)CCCC2)c1C#N. The zero-order valence-corrected chi connectivity index (χ0v) is 10.5. The number of nitriles is 2. The number of imidazole rings is 1. The van der Waals surface area contributed by atoms with Crippen LogP contribution in [0.5, 0.6) is 0 Å². The number of hydrogen-bond donors (Lipinski definition) is 1. The Balaban J connectivity index is 2.27. The van der Waals surface area contributed by atoms with Gasteiger partial charge in [-0.1, -0.05) is 12.8 Å². The van der Waals surface area contributed by atoms with Gasteiger partial charge < -0.3 is 4.57 Å². The van der Waals surface area contributed by atoms with Gasteiger partial charge in [0.1, 0.15) is 12.1 Å². The number of thiol groups is 1. The molecule has 88 valence electrons. The first-order valence-corrected chi connectivity index (χ1v) is 6.34. The summed E-state index contributed by atoms with van der Waals surface area (Å²) in [5.74, 6) is 0.817. The fourth-order valence-electron chi connectivity index (χ4n) is 2.55. The zero-order chi connectivity index (χ0) is 12.3. The van der Waals surface area contributed by atoms with Gasteiger partial charge in [0, 0.05) is 6.54 Å². The van der Waals surface area contributed by atoms with Crippen LogP contribution in [0.1, 0.15) is 37.1 Å². The van der Waals surface area contributed by atoms with Gasteiger partial charge in [0.05, 0.1) is 6.33 Å². The largest absolute Gasteiger partial charge is 0.321 e. The van der Waals surface area contributed by atoms with E-state index in [4.69, 9.17) is 10.5 Å². The quantitative estimate of drug-likeness (QED) is 0.831. The van der Waals surface area contributed by atoms with Crippen LogP contribution < -0.4 is 0 Å². The van der Waals surface area contributed by atoms with Crippen molar-refractivity contribution in [2.24, 2.45) is 5.41 Å². The van der Waals surface area contributed by atoms with Crippen molar-refractivity contribution in [1.29, 1.82) is 10.5 Å². The molecule has 1 aliphatic rings. The highest BCUT2D eigenvalue weighted by Gasteiger charge is 2.33. The Morgan fingerprint density at radius 1 is 1.35 bits per heavy atom. The molecule has 4 nitrogen and oxygen atoms in total. The summed E-state index contributed by atoms with van der Waals surface area (Å²) in [5, 5.41) is 17.9. The van der Waals surface area contributed by atoms with Crippen LogP contribution in [-0.4, -0.2) is 15.3 Å². The third-order valence-corrected chi connectivity index (χ3v) is 4.23. The normalized spacial score (nSPS) is 17.6. The molecular formula is C12H14N4S. The van der Waals surface area contributed by atoms with Crippen LogP contribution in [-0.2, 0) is 6.54 Å². The molecular weight excluding hydrogens is 232 g/mol. The topological polar surface area (TPSA) is 65.4 Å². The first-order valence-electron chi connectivity index (χ1n) is 5.71. The molecule has 17 heavy (non-hydrogen) atoms. The molecule has 0 spiro atoms. The lowest BCUT2D eigenvalue weighted by molar-refractivity contribution is 0.289. The molecule has 0 aromatic carbocycles. The molecule has 1 saturated carbocycles. The van der Waals surface area contributed by atoms with E-state index in [9.17, 15) is 0 Å². The van der Waals surface area contributed by atoms with Gasteiger partial charge in [-0.3, -0.25) is 0 Å². The van der Waals surface area contributed by atoms with E-state index >= 15 is 0 Å². The van der Waals surface area contributed by atoms with Crippen molar-refractivity contribution in [2.75, 3.05) is 5.75 Å². The molecule has 0 N–H and O–H groups in total. The van der Waals surface area contributed by atoms with Crippen LogP contribution in [0.4, 0.5) is 0 Å². The molecule has 0 saturated heterocycles. The fraction of sp³-hybridized carbons (Fsp3) is 0.583. The van der Waals surface area contributed by atoms with Gasteiger partial charge >= 0.3 is 0 Å². The van der Waals surface area contributed by atoms with Gasteiger partial charge in [0.2, 0.25) is 0 Å². The fourth-order valence-corrected chi connectivity index (χ4v) is 2.97. The Hall–Kier alpha value is -1.46. The molecule has 1 heterocycles. The van der Waals surface area contributed by atoms with E-state index in [1.165, 1.54) is 12.8 Å². The first-order chi connectivity index (χ1) is 8.24. The Kier molecular flexibility index (Phi) is 3.40. The molecule has 0 aliphatic heterocycles. The Morgan fingerprint density at radius 2 is 2.06 bits per heavy atom. The molecule has 0 amide bonds. The minimum atomic E-state index is 0.169. The van der Waals surface area contributed by atoms with Crippen molar-refractivity contribution in [3.05, 3.63) is 17.7 Å². The smallest absolute Gasteiger partial charge is 0.176 e. The molecule has 0 bridgehead atoms. The highest BCUT2D eigenvalue weighted by atomic mass is 32.1. The molecule has 0 radical (unpaired) electrons. The summed E-state index contributed by atoms with van der Waals surface area (Å²) >= 11 is 4.44. The Bertz CT molecular complexity index is 486. The number of rotatable bonds is 3. The van der Waals surface area contributed by atoms with Crippen LogP contribution in [0, 0.1) is 28.1 Å². The predicted octanol–water partition coefficient (Wildman–Crippen LogP) is 2.12. The van der Waals surface area contributed by atoms with Gasteiger partial charge in [-0.2, -0.15) is 23.2 Å². The summed E-state index contributed by atoms with van der Waals surface area (Å²) in [5.41, 5.74) is 0.766. The van der Waals surface area contributed by atoms with Crippen molar-refractivity contribution in [2.45, 2.75) is 32.2 Å². The maximum Gasteiger partial charge on any atom is 0.176 e. The summed E-state index contributed by atoms with van der Waals surface area (Å²) in [6.45, 7) is 0.744. The Morgan fingerprint density at radius 3 is 2.59 bits per heavy atom. The van der Waals surface area contributed by atoms with Crippen LogP contribution in [0.25, 0.3) is 0 Å². The number of aromatic nitrogens is 2. The van der Waals surface area contributed by atoms with Crippen LogP contribution in [0.3, 0.4) is 0 Å². The summed E-state index contributed by atoms with van der Waals surface area (Å²) in [6.07, 6.45) is 6.33. The molecule has 1 aromatic heterocycles. The first kappa shape index (κ1) is 12.0. The summed E-state index contributed by atoms with van der Waals surface area (Å²) in [7, 11) is 0. The van der Waals surface area contributed by atoms with Crippen LogP contribution in [0.2, 0.25) is 0 Å². The third kappa shape index (κ3) is 2.16. The maximum atomic E-state index is 9.07. The van der Waals surface area contributed by atoms with E-state index in [1.807, 2.05) is 6.07 Å². The van der Waals surface area contributed by atoms with Gasteiger partial charge in [-0.25, -0.2) is 4.98 Å². The van der Waals surface area contributed by atoms with Crippen molar-refractivity contribution in [1.82, 2.24) is 9.55 Å². The number of nitrogens with zero attached hydrogens (tertiary/aromatic N) is 4. The van der Waals surface area contributed by atoms with E-state index in [2.05, 4.69) is 23.7 Å². The lowest BCUT2D eigenvalue weighted by atomic mass is 9.88. The zero-order valence-electron chi connectivity index (χ0n) is 9.56. The van der Waals surface area contributed by atoms with Gasteiger partial charge in [0.25, 0.3) is 0 Å². The average molecular weight is 246 g/mol. The van der Waals surface area contributed by atoms with Gasteiger partial charge in [-0.15, -0.1) is 0 Å². The highest BCUT2D eigenvalue weighted by Crippen LogP contribution is 2.40. The molecule has 0 atom stereocenters. The highest BCUT2D eigenvalue weighted by molar-refractivity contribution is 7.80. The second-order valence-corrected chi connectivity index (χ2v) is 4.97. The molecule has 2 rings (SSSR count). The van der Waals surface area contributed by atoms with Crippen molar-refractivity contribution in [3.8, 4) is 12.1 Å². The molecule has 5 heteroatoms. The standard InChI is InChI=1S/C12H14N4S/c13-5-10-11(6-14)16(9-15-10)7-12(8-17)3-1-2-4-12/h9,17H,1-4,7-8H2. The van der Waals surface area contributed by atoms with E-state index in [1.54, 1.807) is 10.9 Å². The lowest BCUT2D eigenvalue weighted by Crippen LogP contribution is -2.25. The molecule has 1 aliphatic carbocycles. The molecule has 1 aromatic rings. The van der Waals surface area contributed by atoms with E-state index in [-0.39, 0.29) is 11.1 Å². The van der Waals surface area contributed by atoms with Crippen molar-refractivity contribution >= 4 is 12.6 Å². The van der Waals surface area contributed by atoms with Crippen LogP contribution >= 0.6 is 12.6 Å². The molecule has 1 fully saturated rings. The van der Waals surface area contributed by atoms with E-state index < -0.39 is 0 Å². The second kappa shape index (κ2) is 4.81. The maximum absolute atomic E-state index is 9.07.